The van der Waals surface area contributed by atoms with Crippen LogP contribution < -0.4 is 10.1 Å². The molecule has 0 amide bonds. The van der Waals surface area contributed by atoms with E-state index in [-0.39, 0.29) is 11.6 Å². The first-order valence-corrected chi connectivity index (χ1v) is 7.15. The second-order valence-electron chi connectivity index (χ2n) is 4.70. The van der Waals surface area contributed by atoms with Gasteiger partial charge in [0.25, 0.3) is 0 Å². The summed E-state index contributed by atoms with van der Waals surface area (Å²) in [5, 5.41) is 3.01. The Kier molecular flexibility index (Phi) is 4.90. The maximum absolute atomic E-state index is 13.8. The molecule has 0 saturated heterocycles. The molecule has 1 N–H and O–H groups in total. The molecule has 2 rings (SSSR count). The van der Waals surface area contributed by atoms with Gasteiger partial charge in [0.15, 0.2) is 11.6 Å². The van der Waals surface area contributed by atoms with Crippen LogP contribution in [0.25, 0.3) is 0 Å². The van der Waals surface area contributed by atoms with E-state index < -0.39 is 11.6 Å². The Morgan fingerprint density at radius 2 is 1.95 bits per heavy atom. The van der Waals surface area contributed by atoms with Crippen LogP contribution in [0.5, 0.6) is 11.6 Å². The van der Waals surface area contributed by atoms with Gasteiger partial charge in [-0.15, -0.1) is 0 Å². The fourth-order valence-corrected chi connectivity index (χ4v) is 2.42. The summed E-state index contributed by atoms with van der Waals surface area (Å²) < 4.78 is 33.2. The van der Waals surface area contributed by atoms with Gasteiger partial charge in [0, 0.05) is 22.3 Å². The molecule has 6 heteroatoms. The van der Waals surface area contributed by atoms with Crippen molar-refractivity contribution in [3.8, 4) is 11.6 Å². The maximum atomic E-state index is 13.8. The second-order valence-corrected chi connectivity index (χ2v) is 5.61. The fourth-order valence-electron chi connectivity index (χ4n) is 2.02. The lowest BCUT2D eigenvalue weighted by Crippen LogP contribution is -2.10. The van der Waals surface area contributed by atoms with Gasteiger partial charge in [-0.2, -0.15) is 4.39 Å². The quantitative estimate of drug-likeness (QED) is 0.831. The summed E-state index contributed by atoms with van der Waals surface area (Å²) in [5.74, 6) is -1.93. The van der Waals surface area contributed by atoms with Gasteiger partial charge >= 0.3 is 0 Å². The number of pyridine rings is 1. The first-order chi connectivity index (χ1) is 9.92. The minimum Gasteiger partial charge on any atom is -0.435 e. The standard InChI is InChI=1S/C15H15BrF2N2O/c1-8-4-9(2)20-15(11(8)7-19-3)21-13-6-10(16)5-12(17)14(13)18/h4-6,19H,7H2,1-3H3. The third-order valence-corrected chi connectivity index (χ3v) is 3.42. The Labute approximate surface area is 130 Å². The van der Waals surface area contributed by atoms with E-state index in [0.29, 0.717) is 11.0 Å². The van der Waals surface area contributed by atoms with E-state index >= 15 is 0 Å². The summed E-state index contributed by atoms with van der Waals surface area (Å²) in [7, 11) is 1.79. The van der Waals surface area contributed by atoms with Crippen LogP contribution in [-0.2, 0) is 6.54 Å². The van der Waals surface area contributed by atoms with Crippen molar-refractivity contribution < 1.29 is 13.5 Å². The molecule has 1 aromatic heterocycles. The highest BCUT2D eigenvalue weighted by atomic mass is 79.9. The number of aryl methyl sites for hydroxylation is 2. The van der Waals surface area contributed by atoms with Crippen LogP contribution in [0.2, 0.25) is 0 Å². The Morgan fingerprint density at radius 1 is 1.24 bits per heavy atom. The zero-order valence-corrected chi connectivity index (χ0v) is 13.5. The number of halogens is 3. The number of hydrogen-bond donors (Lipinski definition) is 1. The van der Waals surface area contributed by atoms with E-state index in [0.717, 1.165) is 22.9 Å². The fraction of sp³-hybridized carbons (Fsp3) is 0.267. The minimum absolute atomic E-state index is 0.197. The number of ether oxygens (including phenoxy) is 1. The lowest BCUT2D eigenvalue weighted by atomic mass is 10.1. The zero-order chi connectivity index (χ0) is 15.6. The number of benzene rings is 1. The molecular weight excluding hydrogens is 342 g/mol. The molecule has 1 aromatic carbocycles. The van der Waals surface area contributed by atoms with Gasteiger partial charge in [-0.25, -0.2) is 9.37 Å². The van der Waals surface area contributed by atoms with E-state index in [4.69, 9.17) is 4.74 Å². The van der Waals surface area contributed by atoms with Crippen molar-refractivity contribution in [3.05, 3.63) is 51.1 Å². The summed E-state index contributed by atoms with van der Waals surface area (Å²) in [4.78, 5) is 4.28. The average molecular weight is 357 g/mol. The third-order valence-electron chi connectivity index (χ3n) is 2.96. The molecule has 0 aliphatic rings. The number of rotatable bonds is 4. The molecule has 0 bridgehead atoms. The summed E-state index contributed by atoms with van der Waals surface area (Å²) in [6, 6.07) is 4.34. The molecule has 0 unspecified atom stereocenters. The van der Waals surface area contributed by atoms with E-state index in [9.17, 15) is 8.78 Å². The van der Waals surface area contributed by atoms with Crippen LogP contribution in [0.15, 0.2) is 22.7 Å². The van der Waals surface area contributed by atoms with Crippen molar-refractivity contribution >= 4 is 15.9 Å². The van der Waals surface area contributed by atoms with Crippen LogP contribution in [0, 0.1) is 25.5 Å². The highest BCUT2D eigenvalue weighted by Gasteiger charge is 2.16. The molecule has 0 fully saturated rings. The van der Waals surface area contributed by atoms with Crippen molar-refractivity contribution in [3.63, 3.8) is 0 Å². The SMILES string of the molecule is CNCc1c(C)cc(C)nc1Oc1cc(Br)cc(F)c1F. The topological polar surface area (TPSA) is 34.2 Å². The van der Waals surface area contributed by atoms with Gasteiger partial charge in [-0.3, -0.25) is 0 Å². The Balaban J connectivity index is 2.48. The zero-order valence-electron chi connectivity index (χ0n) is 11.9. The van der Waals surface area contributed by atoms with E-state index in [2.05, 4.69) is 26.2 Å². The maximum Gasteiger partial charge on any atom is 0.224 e. The Hall–Kier alpha value is -1.53. The molecule has 3 nitrogen and oxygen atoms in total. The third kappa shape index (κ3) is 3.57. The van der Waals surface area contributed by atoms with Gasteiger partial charge in [0.05, 0.1) is 0 Å². The van der Waals surface area contributed by atoms with Gasteiger partial charge in [-0.1, -0.05) is 15.9 Å². The van der Waals surface area contributed by atoms with Crippen LogP contribution >= 0.6 is 15.9 Å². The predicted octanol–water partition coefficient (Wildman–Crippen LogP) is 4.25. The highest BCUT2D eigenvalue weighted by Crippen LogP contribution is 2.31. The van der Waals surface area contributed by atoms with Crippen molar-refractivity contribution in [1.29, 1.82) is 0 Å². The summed E-state index contributed by atoms with van der Waals surface area (Å²) in [5.41, 5.74) is 2.53. The van der Waals surface area contributed by atoms with Crippen molar-refractivity contribution in [2.24, 2.45) is 0 Å². The molecule has 0 spiro atoms. The summed E-state index contributed by atoms with van der Waals surface area (Å²) >= 11 is 3.12. The Bertz CT molecular complexity index is 677. The number of aromatic nitrogens is 1. The minimum atomic E-state index is -1.03. The molecule has 112 valence electrons. The van der Waals surface area contributed by atoms with E-state index in [1.165, 1.54) is 6.07 Å². The number of nitrogens with one attached hydrogen (secondary N) is 1. The molecule has 0 aliphatic carbocycles. The molecule has 2 aromatic rings. The van der Waals surface area contributed by atoms with Crippen LogP contribution in [0.1, 0.15) is 16.8 Å². The van der Waals surface area contributed by atoms with Gasteiger partial charge in [0.2, 0.25) is 11.7 Å². The molecule has 0 saturated carbocycles. The lowest BCUT2D eigenvalue weighted by molar-refractivity contribution is 0.399. The monoisotopic (exact) mass is 356 g/mol. The smallest absolute Gasteiger partial charge is 0.224 e. The van der Waals surface area contributed by atoms with Crippen molar-refractivity contribution in [2.45, 2.75) is 20.4 Å². The summed E-state index contributed by atoms with van der Waals surface area (Å²) in [6.45, 7) is 4.26. The number of nitrogens with zero attached hydrogens (tertiary/aromatic N) is 1. The van der Waals surface area contributed by atoms with E-state index in [1.54, 1.807) is 7.05 Å². The highest BCUT2D eigenvalue weighted by molar-refractivity contribution is 9.10. The van der Waals surface area contributed by atoms with Crippen molar-refractivity contribution in [2.75, 3.05) is 7.05 Å². The first-order valence-electron chi connectivity index (χ1n) is 6.36. The van der Waals surface area contributed by atoms with Crippen LogP contribution in [0.4, 0.5) is 8.78 Å². The average Bonchev–Trinajstić information content (AvgIpc) is 2.39. The van der Waals surface area contributed by atoms with Gasteiger partial charge < -0.3 is 10.1 Å². The van der Waals surface area contributed by atoms with Gasteiger partial charge in [-0.05, 0) is 44.7 Å². The Morgan fingerprint density at radius 3 is 2.62 bits per heavy atom. The number of hydrogen-bond acceptors (Lipinski definition) is 3. The van der Waals surface area contributed by atoms with Crippen LogP contribution in [0.3, 0.4) is 0 Å². The van der Waals surface area contributed by atoms with E-state index in [1.807, 2.05) is 19.9 Å². The molecule has 0 radical (unpaired) electrons. The normalized spacial score (nSPS) is 10.8. The molecule has 0 aliphatic heterocycles. The molecule has 1 heterocycles. The summed E-state index contributed by atoms with van der Waals surface area (Å²) in [6.07, 6.45) is 0. The lowest BCUT2D eigenvalue weighted by Gasteiger charge is -2.14. The molecular formula is C15H15BrF2N2O. The van der Waals surface area contributed by atoms with Gasteiger partial charge in [0.1, 0.15) is 0 Å². The predicted molar refractivity (Wildman–Crippen MR) is 80.6 cm³/mol. The van der Waals surface area contributed by atoms with Crippen molar-refractivity contribution in [1.82, 2.24) is 10.3 Å². The molecule has 21 heavy (non-hydrogen) atoms. The molecule has 0 atom stereocenters. The first kappa shape index (κ1) is 15.9. The largest absolute Gasteiger partial charge is 0.435 e. The van der Waals surface area contributed by atoms with Crippen LogP contribution in [-0.4, -0.2) is 12.0 Å². The second kappa shape index (κ2) is 6.49.